The Bertz CT molecular complexity index is 734. The van der Waals surface area contributed by atoms with Gasteiger partial charge in [-0.15, -0.1) is 0 Å². The summed E-state index contributed by atoms with van der Waals surface area (Å²) in [5, 5.41) is 8.94. The molecule has 3 heterocycles. The molecule has 1 N–H and O–H groups in total. The van der Waals surface area contributed by atoms with E-state index in [0.29, 0.717) is 0 Å². The summed E-state index contributed by atoms with van der Waals surface area (Å²) in [5.74, 6) is -1.03. The van der Waals surface area contributed by atoms with Crippen LogP contribution in [0.4, 0.5) is 0 Å². The zero-order chi connectivity index (χ0) is 12.5. The van der Waals surface area contributed by atoms with Crippen molar-refractivity contribution in [3.63, 3.8) is 0 Å². The predicted molar refractivity (Wildman–Crippen MR) is 65.4 cm³/mol. The summed E-state index contributed by atoms with van der Waals surface area (Å²) in [6.07, 6.45) is 6.78. The van der Waals surface area contributed by atoms with E-state index in [1.165, 1.54) is 6.20 Å². The lowest BCUT2D eigenvalue weighted by molar-refractivity contribution is 0.0690. The minimum atomic E-state index is -1.03. The molecule has 3 rings (SSSR count). The van der Waals surface area contributed by atoms with Crippen LogP contribution < -0.4 is 0 Å². The third kappa shape index (κ3) is 1.62. The lowest BCUT2D eigenvalue weighted by Gasteiger charge is -2.03. The zero-order valence-corrected chi connectivity index (χ0v) is 9.32. The van der Waals surface area contributed by atoms with Crippen LogP contribution in [0.2, 0.25) is 0 Å². The molecule has 5 nitrogen and oxygen atoms in total. The van der Waals surface area contributed by atoms with Gasteiger partial charge in [0.25, 0.3) is 0 Å². The number of rotatable bonds is 2. The van der Waals surface area contributed by atoms with Crippen LogP contribution >= 0.6 is 0 Å². The smallest absolute Gasteiger partial charge is 0.354 e. The fraction of sp³-hybridized carbons (Fsp3) is 0. The average Bonchev–Trinajstić information content (AvgIpc) is 2.82. The maximum Gasteiger partial charge on any atom is 0.354 e. The molecule has 5 heteroatoms. The second-order valence-electron chi connectivity index (χ2n) is 3.82. The van der Waals surface area contributed by atoms with Crippen molar-refractivity contribution < 1.29 is 9.90 Å². The van der Waals surface area contributed by atoms with Crippen molar-refractivity contribution in [3.8, 4) is 11.3 Å². The molecular formula is C13H9N3O2. The van der Waals surface area contributed by atoms with Crippen LogP contribution in [0.25, 0.3) is 16.8 Å². The van der Waals surface area contributed by atoms with E-state index >= 15 is 0 Å². The van der Waals surface area contributed by atoms with E-state index in [2.05, 4.69) is 9.97 Å². The summed E-state index contributed by atoms with van der Waals surface area (Å²) in [6, 6.07) is 7.21. The number of carbonyl (C=O) groups is 1. The lowest BCUT2D eigenvalue weighted by Crippen LogP contribution is -2.00. The molecule has 0 fully saturated rings. The Morgan fingerprint density at radius 1 is 1.22 bits per heavy atom. The van der Waals surface area contributed by atoms with E-state index < -0.39 is 5.97 Å². The van der Waals surface area contributed by atoms with Gasteiger partial charge in [-0.3, -0.25) is 4.98 Å². The number of aromatic carboxylic acids is 1. The van der Waals surface area contributed by atoms with Crippen LogP contribution in [-0.2, 0) is 0 Å². The number of hydrogen-bond donors (Lipinski definition) is 1. The first-order valence-electron chi connectivity index (χ1n) is 5.36. The summed E-state index contributed by atoms with van der Waals surface area (Å²) >= 11 is 0. The first-order valence-corrected chi connectivity index (χ1v) is 5.36. The van der Waals surface area contributed by atoms with Gasteiger partial charge in [0.1, 0.15) is 5.69 Å². The van der Waals surface area contributed by atoms with Crippen LogP contribution in [-0.4, -0.2) is 25.4 Å². The standard InChI is InChI=1S/C13H9N3O2/c17-13(18)11-7-9(3-4-15-11)12-2-1-10-8-14-5-6-16(10)12/h1-8H,(H,17,18). The highest BCUT2D eigenvalue weighted by atomic mass is 16.4. The van der Waals surface area contributed by atoms with Gasteiger partial charge in [-0.25, -0.2) is 9.78 Å². The molecule has 3 aromatic heterocycles. The van der Waals surface area contributed by atoms with E-state index in [4.69, 9.17) is 5.11 Å². The van der Waals surface area contributed by atoms with E-state index in [0.717, 1.165) is 16.8 Å². The van der Waals surface area contributed by atoms with Gasteiger partial charge in [-0.2, -0.15) is 0 Å². The number of aromatic nitrogens is 3. The summed E-state index contributed by atoms with van der Waals surface area (Å²) in [4.78, 5) is 18.8. The summed E-state index contributed by atoms with van der Waals surface area (Å²) in [6.45, 7) is 0. The van der Waals surface area contributed by atoms with Crippen molar-refractivity contribution in [2.45, 2.75) is 0 Å². The molecule has 0 aliphatic heterocycles. The molecule has 0 amide bonds. The average molecular weight is 239 g/mol. The van der Waals surface area contributed by atoms with Crippen molar-refractivity contribution in [1.82, 2.24) is 14.4 Å². The van der Waals surface area contributed by atoms with E-state index in [-0.39, 0.29) is 5.69 Å². The minimum Gasteiger partial charge on any atom is -0.477 e. The summed E-state index contributed by atoms with van der Waals surface area (Å²) < 4.78 is 1.95. The Hall–Kier alpha value is -2.69. The van der Waals surface area contributed by atoms with Crippen LogP contribution in [0.5, 0.6) is 0 Å². The number of hydrogen-bond acceptors (Lipinski definition) is 3. The van der Waals surface area contributed by atoms with Crippen LogP contribution in [0.3, 0.4) is 0 Å². The quantitative estimate of drug-likeness (QED) is 0.743. The summed E-state index contributed by atoms with van der Waals surface area (Å²) in [7, 11) is 0. The molecule has 0 saturated heterocycles. The van der Waals surface area contributed by atoms with Gasteiger partial charge in [0.2, 0.25) is 0 Å². The molecule has 88 valence electrons. The molecule has 0 radical (unpaired) electrons. The Morgan fingerprint density at radius 3 is 2.94 bits per heavy atom. The highest BCUT2D eigenvalue weighted by Crippen LogP contribution is 2.22. The van der Waals surface area contributed by atoms with E-state index in [1.54, 1.807) is 24.5 Å². The molecule has 0 atom stereocenters. The van der Waals surface area contributed by atoms with Gasteiger partial charge >= 0.3 is 5.97 Å². The van der Waals surface area contributed by atoms with Crippen molar-refractivity contribution in [1.29, 1.82) is 0 Å². The molecule has 18 heavy (non-hydrogen) atoms. The number of fused-ring (bicyclic) bond motifs is 1. The fourth-order valence-corrected chi connectivity index (χ4v) is 1.90. The van der Waals surface area contributed by atoms with E-state index in [1.807, 2.05) is 22.7 Å². The number of carboxylic acids is 1. The summed E-state index contributed by atoms with van der Waals surface area (Å²) in [5.41, 5.74) is 2.73. The topological polar surface area (TPSA) is 67.5 Å². The third-order valence-electron chi connectivity index (χ3n) is 2.73. The van der Waals surface area contributed by atoms with E-state index in [9.17, 15) is 4.79 Å². The molecule has 0 bridgehead atoms. The third-order valence-corrected chi connectivity index (χ3v) is 2.73. The molecule has 0 unspecified atom stereocenters. The first-order chi connectivity index (χ1) is 8.75. The normalized spacial score (nSPS) is 10.7. The van der Waals surface area contributed by atoms with Crippen molar-refractivity contribution in [2.24, 2.45) is 0 Å². The molecule has 0 spiro atoms. The molecule has 0 saturated carbocycles. The number of pyridine rings is 1. The van der Waals surface area contributed by atoms with Crippen molar-refractivity contribution >= 4 is 11.5 Å². The maximum atomic E-state index is 10.9. The van der Waals surface area contributed by atoms with Crippen LogP contribution in [0.1, 0.15) is 10.5 Å². The Kier molecular flexibility index (Phi) is 2.30. The highest BCUT2D eigenvalue weighted by Gasteiger charge is 2.08. The number of carboxylic acid groups (broad SMARTS) is 1. The SMILES string of the molecule is O=C(O)c1cc(-c2ccc3cnccn23)ccn1. The minimum absolute atomic E-state index is 0.0384. The second kappa shape index (κ2) is 3.96. The molecule has 3 aromatic rings. The highest BCUT2D eigenvalue weighted by molar-refractivity contribution is 5.87. The van der Waals surface area contributed by atoms with Gasteiger partial charge in [0.15, 0.2) is 0 Å². The van der Waals surface area contributed by atoms with Gasteiger partial charge in [-0.1, -0.05) is 0 Å². The van der Waals surface area contributed by atoms with Gasteiger partial charge in [0, 0.05) is 24.2 Å². The molecule has 0 aromatic carbocycles. The van der Waals surface area contributed by atoms with Crippen molar-refractivity contribution in [2.75, 3.05) is 0 Å². The van der Waals surface area contributed by atoms with Crippen LogP contribution in [0.15, 0.2) is 49.1 Å². The first kappa shape index (κ1) is 10.5. The molecule has 0 aliphatic rings. The predicted octanol–water partition coefficient (Wildman–Crippen LogP) is 2.09. The molecule has 0 aliphatic carbocycles. The Labute approximate surface area is 102 Å². The zero-order valence-electron chi connectivity index (χ0n) is 9.32. The van der Waals surface area contributed by atoms with Crippen LogP contribution in [0, 0.1) is 0 Å². The Morgan fingerprint density at radius 2 is 2.11 bits per heavy atom. The van der Waals surface area contributed by atoms with Gasteiger partial charge in [0.05, 0.1) is 17.4 Å². The Balaban J connectivity index is 2.20. The van der Waals surface area contributed by atoms with Gasteiger partial charge in [-0.05, 0) is 24.3 Å². The molecular weight excluding hydrogens is 230 g/mol. The fourth-order valence-electron chi connectivity index (χ4n) is 1.90. The largest absolute Gasteiger partial charge is 0.477 e. The van der Waals surface area contributed by atoms with Crippen molar-refractivity contribution in [3.05, 3.63) is 54.7 Å². The lowest BCUT2D eigenvalue weighted by atomic mass is 10.1. The second-order valence-corrected chi connectivity index (χ2v) is 3.82. The van der Waals surface area contributed by atoms with Gasteiger partial charge < -0.3 is 9.51 Å². The monoisotopic (exact) mass is 239 g/mol. The number of nitrogens with zero attached hydrogens (tertiary/aromatic N) is 3. The maximum absolute atomic E-state index is 10.9.